The summed E-state index contributed by atoms with van der Waals surface area (Å²) in [4.78, 5) is 0. The zero-order valence-corrected chi connectivity index (χ0v) is 11.2. The quantitative estimate of drug-likeness (QED) is 0.771. The van der Waals surface area contributed by atoms with Gasteiger partial charge in [0.05, 0.1) is 5.69 Å². The van der Waals surface area contributed by atoms with E-state index in [2.05, 4.69) is 10.7 Å². The molecule has 1 aliphatic heterocycles. The van der Waals surface area contributed by atoms with E-state index in [1.54, 1.807) is 23.2 Å². The number of nitrogens with zero attached hydrogens (tertiary/aromatic N) is 1. The molecular weight excluding hydrogens is 265 g/mol. The van der Waals surface area contributed by atoms with Gasteiger partial charge >= 0.3 is 0 Å². The molecule has 2 N–H and O–H groups in total. The highest BCUT2D eigenvalue weighted by molar-refractivity contribution is 7.80. The summed E-state index contributed by atoms with van der Waals surface area (Å²) in [5, 5.41) is 6.66. The van der Waals surface area contributed by atoms with Crippen LogP contribution < -0.4 is 15.8 Å². The second-order valence-corrected chi connectivity index (χ2v) is 5.39. The molecule has 86 valence electrons. The molecule has 0 saturated carbocycles. The lowest BCUT2D eigenvalue weighted by molar-refractivity contribution is 0.415. The van der Waals surface area contributed by atoms with Crippen LogP contribution in [0.4, 0.5) is 5.69 Å². The third-order valence-corrected chi connectivity index (χ3v) is 2.84. The highest BCUT2D eigenvalue weighted by Crippen LogP contribution is 2.26. The van der Waals surface area contributed by atoms with Crippen LogP contribution in [0.25, 0.3) is 0 Å². The average Bonchev–Trinajstić information content (AvgIpc) is 2.38. The SMILES string of the molecule is CC1(C)NC(=S)N(c2cc(Cl)cc(Cl)c2)N1. The van der Waals surface area contributed by atoms with Crippen LogP contribution in [0.2, 0.25) is 10.0 Å². The number of nitrogens with one attached hydrogen (secondary N) is 2. The van der Waals surface area contributed by atoms with Crippen molar-refractivity contribution in [2.24, 2.45) is 0 Å². The Balaban J connectivity index is 2.35. The minimum Gasteiger partial charge on any atom is -0.342 e. The summed E-state index contributed by atoms with van der Waals surface area (Å²) < 4.78 is 0. The van der Waals surface area contributed by atoms with Gasteiger partial charge in [-0.3, -0.25) is 0 Å². The molecule has 0 aromatic heterocycles. The van der Waals surface area contributed by atoms with Crippen LogP contribution in [0.5, 0.6) is 0 Å². The zero-order chi connectivity index (χ0) is 11.9. The van der Waals surface area contributed by atoms with Gasteiger partial charge in [-0.15, -0.1) is 0 Å². The first-order valence-electron chi connectivity index (χ1n) is 4.73. The third kappa shape index (κ3) is 2.40. The standard InChI is InChI=1S/C10H11Cl2N3S/c1-10(2)13-9(16)15(14-10)8-4-6(11)3-7(12)5-8/h3-5,14H,1-2H3,(H,13,16). The van der Waals surface area contributed by atoms with E-state index in [1.165, 1.54) is 0 Å². The molecule has 0 bridgehead atoms. The Morgan fingerprint density at radius 1 is 1.19 bits per heavy atom. The fraction of sp³-hybridized carbons (Fsp3) is 0.300. The number of hydrogen-bond acceptors (Lipinski definition) is 2. The summed E-state index contributed by atoms with van der Waals surface area (Å²) in [6, 6.07) is 5.29. The molecule has 1 fully saturated rings. The van der Waals surface area contributed by atoms with Gasteiger partial charge in [0.1, 0.15) is 5.66 Å². The third-order valence-electron chi connectivity index (χ3n) is 2.12. The van der Waals surface area contributed by atoms with Crippen LogP contribution in [0.3, 0.4) is 0 Å². The minimum absolute atomic E-state index is 0.272. The van der Waals surface area contributed by atoms with Gasteiger partial charge in [0.2, 0.25) is 0 Å². The average molecular weight is 276 g/mol. The van der Waals surface area contributed by atoms with Crippen molar-refractivity contribution in [3.8, 4) is 0 Å². The molecule has 1 aliphatic rings. The second-order valence-electron chi connectivity index (χ2n) is 4.13. The molecule has 1 aromatic rings. The summed E-state index contributed by atoms with van der Waals surface area (Å²) in [5.41, 5.74) is 3.76. The Kier molecular flexibility index (Phi) is 3.01. The fourth-order valence-electron chi connectivity index (χ4n) is 1.53. The van der Waals surface area contributed by atoms with Crippen LogP contribution in [0, 0.1) is 0 Å². The maximum atomic E-state index is 5.94. The van der Waals surface area contributed by atoms with Gasteiger partial charge in [-0.1, -0.05) is 23.2 Å². The molecule has 2 rings (SSSR count). The molecule has 0 atom stereocenters. The molecule has 0 spiro atoms. The number of halogens is 2. The van der Waals surface area contributed by atoms with Gasteiger partial charge in [-0.05, 0) is 44.3 Å². The van der Waals surface area contributed by atoms with Gasteiger partial charge in [0, 0.05) is 10.0 Å². The topological polar surface area (TPSA) is 27.3 Å². The zero-order valence-electron chi connectivity index (χ0n) is 8.84. The van der Waals surface area contributed by atoms with Crippen molar-refractivity contribution in [1.82, 2.24) is 10.7 Å². The van der Waals surface area contributed by atoms with Crippen LogP contribution in [0.15, 0.2) is 18.2 Å². The van der Waals surface area contributed by atoms with E-state index < -0.39 is 0 Å². The molecule has 1 heterocycles. The maximum absolute atomic E-state index is 5.94. The molecule has 1 saturated heterocycles. The number of rotatable bonds is 1. The molecule has 0 radical (unpaired) electrons. The first-order chi connectivity index (χ1) is 7.37. The van der Waals surface area contributed by atoms with Gasteiger partial charge in [-0.25, -0.2) is 10.4 Å². The molecule has 3 nitrogen and oxygen atoms in total. The molecule has 0 aliphatic carbocycles. The predicted octanol–water partition coefficient (Wildman–Crippen LogP) is 2.93. The summed E-state index contributed by atoms with van der Waals surface area (Å²) in [5.74, 6) is 0. The number of benzene rings is 1. The van der Waals surface area contributed by atoms with Crippen molar-refractivity contribution in [3.63, 3.8) is 0 Å². The van der Waals surface area contributed by atoms with Gasteiger partial charge in [0.15, 0.2) is 5.11 Å². The lowest BCUT2D eigenvalue weighted by atomic mass is 10.3. The van der Waals surface area contributed by atoms with Crippen molar-refractivity contribution < 1.29 is 0 Å². The first-order valence-corrected chi connectivity index (χ1v) is 5.90. The van der Waals surface area contributed by atoms with E-state index in [1.807, 2.05) is 13.8 Å². The normalized spacial score (nSPS) is 18.8. The Labute approximate surface area is 110 Å². The maximum Gasteiger partial charge on any atom is 0.189 e. The van der Waals surface area contributed by atoms with Crippen LogP contribution in [-0.4, -0.2) is 10.8 Å². The summed E-state index contributed by atoms with van der Waals surface area (Å²) in [6.07, 6.45) is 0. The van der Waals surface area contributed by atoms with E-state index in [-0.39, 0.29) is 5.66 Å². The monoisotopic (exact) mass is 275 g/mol. The predicted molar refractivity (Wildman–Crippen MR) is 71.9 cm³/mol. The first kappa shape index (κ1) is 11.9. The van der Waals surface area contributed by atoms with E-state index in [9.17, 15) is 0 Å². The van der Waals surface area contributed by atoms with E-state index in [0.29, 0.717) is 15.2 Å². The van der Waals surface area contributed by atoms with Gasteiger partial charge in [-0.2, -0.15) is 0 Å². The Morgan fingerprint density at radius 2 is 1.75 bits per heavy atom. The van der Waals surface area contributed by atoms with Crippen LogP contribution in [0.1, 0.15) is 13.8 Å². The Hall–Kier alpha value is -0.550. The van der Waals surface area contributed by atoms with Crippen molar-refractivity contribution in [1.29, 1.82) is 0 Å². The van der Waals surface area contributed by atoms with E-state index in [0.717, 1.165) is 5.69 Å². The van der Waals surface area contributed by atoms with Gasteiger partial charge in [0.25, 0.3) is 0 Å². The molecule has 0 unspecified atom stereocenters. The number of hydrogen-bond donors (Lipinski definition) is 2. The summed E-state index contributed by atoms with van der Waals surface area (Å²) in [6.45, 7) is 3.98. The largest absolute Gasteiger partial charge is 0.342 e. The van der Waals surface area contributed by atoms with E-state index in [4.69, 9.17) is 35.4 Å². The minimum atomic E-state index is -0.272. The lowest BCUT2D eigenvalue weighted by Crippen LogP contribution is -2.45. The van der Waals surface area contributed by atoms with Crippen LogP contribution in [-0.2, 0) is 0 Å². The number of thiocarbonyl (C=S) groups is 1. The van der Waals surface area contributed by atoms with Crippen molar-refractivity contribution in [2.45, 2.75) is 19.5 Å². The van der Waals surface area contributed by atoms with E-state index >= 15 is 0 Å². The van der Waals surface area contributed by atoms with Crippen molar-refractivity contribution in [2.75, 3.05) is 5.01 Å². The van der Waals surface area contributed by atoms with Crippen molar-refractivity contribution in [3.05, 3.63) is 28.2 Å². The molecular formula is C10H11Cl2N3S. The number of anilines is 1. The van der Waals surface area contributed by atoms with Gasteiger partial charge < -0.3 is 5.32 Å². The molecule has 6 heteroatoms. The second kappa shape index (κ2) is 4.04. The lowest BCUT2D eigenvalue weighted by Gasteiger charge is -2.21. The highest BCUT2D eigenvalue weighted by atomic mass is 35.5. The Bertz CT molecular complexity index is 427. The highest BCUT2D eigenvalue weighted by Gasteiger charge is 2.32. The Morgan fingerprint density at radius 3 is 2.19 bits per heavy atom. The summed E-state index contributed by atoms with van der Waals surface area (Å²) in [7, 11) is 0. The molecule has 16 heavy (non-hydrogen) atoms. The smallest absolute Gasteiger partial charge is 0.189 e. The molecule has 1 aromatic carbocycles. The van der Waals surface area contributed by atoms with Crippen LogP contribution >= 0.6 is 35.4 Å². The fourth-order valence-corrected chi connectivity index (χ4v) is 2.45. The van der Waals surface area contributed by atoms with Crippen molar-refractivity contribution >= 4 is 46.2 Å². The summed E-state index contributed by atoms with van der Waals surface area (Å²) >= 11 is 17.1. The number of hydrazine groups is 1. The molecule has 0 amide bonds.